The van der Waals surface area contributed by atoms with Gasteiger partial charge < -0.3 is 4.74 Å². The van der Waals surface area contributed by atoms with Gasteiger partial charge in [0.25, 0.3) is 0 Å². The maximum Gasteiger partial charge on any atom is 0.134 e. The van der Waals surface area contributed by atoms with Gasteiger partial charge in [0.15, 0.2) is 0 Å². The molecular formula is C11H13IN2O. The Kier molecular flexibility index (Phi) is 2.86. The minimum absolute atomic E-state index is 0.368. The quantitative estimate of drug-likeness (QED) is 0.796. The molecule has 0 atom stereocenters. The Hall–Kier alpha value is -0.780. The maximum atomic E-state index is 5.31. The van der Waals surface area contributed by atoms with Gasteiger partial charge in [-0.2, -0.15) is 5.10 Å². The fourth-order valence-corrected chi connectivity index (χ4v) is 2.33. The van der Waals surface area contributed by atoms with Crippen LogP contribution in [-0.4, -0.2) is 16.9 Å². The average Bonchev–Trinajstić information content (AvgIpc) is 2.59. The second-order valence-corrected chi connectivity index (χ2v) is 4.89. The SMILES string of the molecule is COc1cc2c(cnn2C(C)C)cc1I. The maximum absolute atomic E-state index is 5.31. The molecule has 4 heteroatoms. The first-order valence-corrected chi connectivity index (χ1v) is 5.92. The number of hydrogen-bond acceptors (Lipinski definition) is 2. The number of aromatic nitrogens is 2. The summed E-state index contributed by atoms with van der Waals surface area (Å²) in [6.45, 7) is 4.24. The van der Waals surface area contributed by atoms with Crippen molar-refractivity contribution in [1.82, 2.24) is 9.78 Å². The number of halogens is 1. The van der Waals surface area contributed by atoms with E-state index in [1.165, 1.54) is 0 Å². The summed E-state index contributed by atoms with van der Waals surface area (Å²) < 4.78 is 8.43. The highest BCUT2D eigenvalue weighted by Crippen LogP contribution is 2.28. The highest BCUT2D eigenvalue weighted by Gasteiger charge is 2.09. The van der Waals surface area contributed by atoms with Crippen LogP contribution in [0.25, 0.3) is 10.9 Å². The van der Waals surface area contributed by atoms with Crippen molar-refractivity contribution in [2.75, 3.05) is 7.11 Å². The van der Waals surface area contributed by atoms with Gasteiger partial charge in [-0.25, -0.2) is 0 Å². The highest BCUT2D eigenvalue weighted by atomic mass is 127. The van der Waals surface area contributed by atoms with Gasteiger partial charge >= 0.3 is 0 Å². The Morgan fingerprint density at radius 1 is 1.40 bits per heavy atom. The van der Waals surface area contributed by atoms with Crippen molar-refractivity contribution in [1.29, 1.82) is 0 Å². The summed E-state index contributed by atoms with van der Waals surface area (Å²) >= 11 is 2.27. The van der Waals surface area contributed by atoms with Crippen molar-refractivity contribution in [3.05, 3.63) is 21.9 Å². The molecule has 0 aliphatic heterocycles. The summed E-state index contributed by atoms with van der Waals surface area (Å²) in [6, 6.07) is 4.51. The molecule has 0 saturated carbocycles. The molecule has 0 unspecified atom stereocenters. The number of rotatable bonds is 2. The van der Waals surface area contributed by atoms with E-state index >= 15 is 0 Å². The van der Waals surface area contributed by atoms with E-state index in [2.05, 4.69) is 47.6 Å². The third kappa shape index (κ3) is 1.82. The molecule has 2 aromatic rings. The third-order valence-corrected chi connectivity index (χ3v) is 3.20. The molecule has 0 aliphatic carbocycles. The fraction of sp³-hybridized carbons (Fsp3) is 0.364. The number of benzene rings is 1. The van der Waals surface area contributed by atoms with Crippen LogP contribution in [0.4, 0.5) is 0 Å². The van der Waals surface area contributed by atoms with Crippen LogP contribution in [0.2, 0.25) is 0 Å². The van der Waals surface area contributed by atoms with Crippen molar-refractivity contribution in [3.63, 3.8) is 0 Å². The van der Waals surface area contributed by atoms with E-state index in [0.717, 1.165) is 20.2 Å². The topological polar surface area (TPSA) is 27.1 Å². The van der Waals surface area contributed by atoms with Crippen LogP contribution in [0, 0.1) is 3.57 Å². The molecular weight excluding hydrogens is 303 g/mol. The Morgan fingerprint density at radius 2 is 2.13 bits per heavy atom. The largest absolute Gasteiger partial charge is 0.496 e. The van der Waals surface area contributed by atoms with Crippen LogP contribution in [0.1, 0.15) is 19.9 Å². The number of nitrogens with zero attached hydrogens (tertiary/aromatic N) is 2. The molecule has 0 amide bonds. The van der Waals surface area contributed by atoms with Gasteiger partial charge in [-0.1, -0.05) is 0 Å². The first kappa shape index (κ1) is 10.7. The summed E-state index contributed by atoms with van der Waals surface area (Å²) in [7, 11) is 1.69. The summed E-state index contributed by atoms with van der Waals surface area (Å²) in [5, 5.41) is 5.53. The van der Waals surface area contributed by atoms with Crippen molar-refractivity contribution in [3.8, 4) is 5.75 Å². The highest BCUT2D eigenvalue weighted by molar-refractivity contribution is 14.1. The van der Waals surface area contributed by atoms with E-state index < -0.39 is 0 Å². The average molecular weight is 316 g/mol. The monoisotopic (exact) mass is 316 g/mol. The molecule has 0 aliphatic rings. The van der Waals surface area contributed by atoms with E-state index in [0.29, 0.717) is 6.04 Å². The van der Waals surface area contributed by atoms with Crippen LogP contribution < -0.4 is 4.74 Å². The first-order chi connectivity index (χ1) is 7.13. The van der Waals surface area contributed by atoms with Gasteiger partial charge in [-0.05, 0) is 42.5 Å². The molecule has 0 radical (unpaired) electrons. The van der Waals surface area contributed by atoms with Crippen LogP contribution in [0.3, 0.4) is 0 Å². The minimum atomic E-state index is 0.368. The minimum Gasteiger partial charge on any atom is -0.496 e. The smallest absolute Gasteiger partial charge is 0.134 e. The Bertz CT molecular complexity index is 491. The van der Waals surface area contributed by atoms with Gasteiger partial charge in [0.05, 0.1) is 22.4 Å². The summed E-state index contributed by atoms with van der Waals surface area (Å²) in [4.78, 5) is 0. The third-order valence-electron chi connectivity index (χ3n) is 2.36. The molecule has 1 aromatic carbocycles. The van der Waals surface area contributed by atoms with E-state index in [1.54, 1.807) is 7.11 Å². The molecule has 0 saturated heterocycles. The normalized spacial score (nSPS) is 11.3. The van der Waals surface area contributed by atoms with Gasteiger partial charge in [0, 0.05) is 17.5 Å². The lowest BCUT2D eigenvalue weighted by atomic mass is 10.2. The molecule has 3 nitrogen and oxygen atoms in total. The molecule has 1 aromatic heterocycles. The molecule has 0 N–H and O–H groups in total. The number of ether oxygens (including phenoxy) is 1. The van der Waals surface area contributed by atoms with E-state index in [1.807, 2.05) is 16.9 Å². The number of hydrogen-bond donors (Lipinski definition) is 0. The zero-order valence-electron chi connectivity index (χ0n) is 8.99. The second kappa shape index (κ2) is 4.00. The number of fused-ring (bicyclic) bond motifs is 1. The lowest BCUT2D eigenvalue weighted by molar-refractivity contribution is 0.412. The first-order valence-electron chi connectivity index (χ1n) is 4.84. The molecule has 2 rings (SSSR count). The number of methoxy groups -OCH3 is 1. The zero-order valence-corrected chi connectivity index (χ0v) is 11.1. The molecule has 0 fully saturated rings. The lowest BCUT2D eigenvalue weighted by Gasteiger charge is -2.08. The van der Waals surface area contributed by atoms with E-state index in [4.69, 9.17) is 4.74 Å². The van der Waals surface area contributed by atoms with Crippen molar-refractivity contribution in [2.45, 2.75) is 19.9 Å². The second-order valence-electron chi connectivity index (χ2n) is 3.73. The zero-order chi connectivity index (χ0) is 11.0. The van der Waals surface area contributed by atoms with E-state index in [-0.39, 0.29) is 0 Å². The Morgan fingerprint density at radius 3 is 2.73 bits per heavy atom. The molecule has 1 heterocycles. The van der Waals surface area contributed by atoms with E-state index in [9.17, 15) is 0 Å². The van der Waals surface area contributed by atoms with Crippen LogP contribution >= 0.6 is 22.6 Å². The Balaban J connectivity index is 2.69. The van der Waals surface area contributed by atoms with Gasteiger partial charge in [-0.3, -0.25) is 4.68 Å². The Labute approximate surface area is 103 Å². The summed E-state index contributed by atoms with van der Waals surface area (Å²) in [5.74, 6) is 0.908. The summed E-state index contributed by atoms with van der Waals surface area (Å²) in [5.41, 5.74) is 1.13. The van der Waals surface area contributed by atoms with Crippen LogP contribution in [0.5, 0.6) is 5.75 Å². The van der Waals surface area contributed by atoms with Crippen LogP contribution in [-0.2, 0) is 0 Å². The lowest BCUT2D eigenvalue weighted by Crippen LogP contribution is -2.02. The standard InChI is InChI=1S/C11H13IN2O/c1-7(2)14-10-5-11(15-3)9(12)4-8(10)6-13-14/h4-7H,1-3H3. The molecule has 0 bridgehead atoms. The fourth-order valence-electron chi connectivity index (χ4n) is 1.61. The predicted molar refractivity (Wildman–Crippen MR) is 69.4 cm³/mol. The molecule has 15 heavy (non-hydrogen) atoms. The molecule has 0 spiro atoms. The van der Waals surface area contributed by atoms with Crippen molar-refractivity contribution < 1.29 is 4.74 Å². The van der Waals surface area contributed by atoms with Gasteiger partial charge in [0.2, 0.25) is 0 Å². The van der Waals surface area contributed by atoms with Crippen molar-refractivity contribution >= 4 is 33.5 Å². The van der Waals surface area contributed by atoms with Gasteiger partial charge in [-0.15, -0.1) is 0 Å². The van der Waals surface area contributed by atoms with Crippen LogP contribution in [0.15, 0.2) is 18.3 Å². The predicted octanol–water partition coefficient (Wildman–Crippen LogP) is 3.23. The molecule has 80 valence electrons. The summed E-state index contributed by atoms with van der Waals surface area (Å²) in [6.07, 6.45) is 1.90. The van der Waals surface area contributed by atoms with Gasteiger partial charge in [0.1, 0.15) is 5.75 Å². The van der Waals surface area contributed by atoms with Crippen molar-refractivity contribution in [2.24, 2.45) is 0 Å².